The molecule has 3 rings (SSSR count). The molecule has 0 spiro atoms. The minimum Gasteiger partial charge on any atom is -0.344 e. The quantitative estimate of drug-likeness (QED) is 0.774. The maximum Gasteiger partial charge on any atom is 0.101 e. The van der Waals surface area contributed by atoms with Crippen molar-refractivity contribution < 1.29 is 0 Å². The molecule has 0 bridgehead atoms. The molecule has 1 atom stereocenters. The topological polar surface area (TPSA) is 36.4 Å². The molecule has 0 radical (unpaired) electrons. The highest BCUT2D eigenvalue weighted by atomic mass is 15.0. The van der Waals surface area contributed by atoms with Crippen LogP contribution in [0, 0.1) is 0 Å². The summed E-state index contributed by atoms with van der Waals surface area (Å²) in [7, 11) is 0. The van der Waals surface area contributed by atoms with Crippen LogP contribution >= 0.6 is 0 Å². The van der Waals surface area contributed by atoms with Gasteiger partial charge in [0.25, 0.3) is 0 Å². The molecule has 2 heterocycles. The number of hydrogen-bond acceptors (Lipinski definition) is 2. The van der Waals surface area contributed by atoms with Gasteiger partial charge in [0.1, 0.15) is 5.84 Å². The zero-order valence-corrected chi connectivity index (χ0v) is 10.1. The average Bonchev–Trinajstić information content (AvgIpc) is 2.40. The van der Waals surface area contributed by atoms with Crippen molar-refractivity contribution in [2.45, 2.75) is 31.7 Å². The minimum atomic E-state index is 0.469. The molecule has 17 heavy (non-hydrogen) atoms. The Morgan fingerprint density at radius 2 is 2.12 bits per heavy atom. The second kappa shape index (κ2) is 4.88. The van der Waals surface area contributed by atoms with Crippen molar-refractivity contribution in [1.82, 2.24) is 5.32 Å². The first-order valence-electron chi connectivity index (χ1n) is 6.54. The highest BCUT2D eigenvalue weighted by molar-refractivity contribution is 5.98. The van der Waals surface area contributed by atoms with Crippen LogP contribution in [0.3, 0.4) is 0 Å². The summed E-state index contributed by atoms with van der Waals surface area (Å²) in [6.07, 6.45) is 4.63. The molecule has 0 amide bonds. The van der Waals surface area contributed by atoms with Gasteiger partial charge in [-0.1, -0.05) is 18.2 Å². The van der Waals surface area contributed by atoms with Gasteiger partial charge in [-0.25, -0.2) is 0 Å². The predicted molar refractivity (Wildman–Crippen MR) is 71.7 cm³/mol. The van der Waals surface area contributed by atoms with E-state index < -0.39 is 0 Å². The number of para-hydroxylation sites is 1. The summed E-state index contributed by atoms with van der Waals surface area (Å²) >= 11 is 0. The van der Waals surface area contributed by atoms with Gasteiger partial charge in [-0.3, -0.25) is 4.99 Å². The normalized spacial score (nSPS) is 26.4. The fraction of sp³-hybridized carbons (Fsp3) is 0.500. The van der Waals surface area contributed by atoms with Crippen molar-refractivity contribution in [3.63, 3.8) is 0 Å². The van der Waals surface area contributed by atoms with Crippen molar-refractivity contribution in [2.24, 2.45) is 4.99 Å². The molecule has 3 heteroatoms. The number of aliphatic imine (C=N–C) groups is 1. The first-order valence-corrected chi connectivity index (χ1v) is 6.54. The Morgan fingerprint density at radius 1 is 1.18 bits per heavy atom. The molecule has 0 aromatic heterocycles. The first kappa shape index (κ1) is 10.8. The molecule has 2 aliphatic rings. The first-order chi connectivity index (χ1) is 8.42. The van der Waals surface area contributed by atoms with Crippen molar-refractivity contribution in [3.8, 4) is 0 Å². The molecule has 1 aromatic carbocycles. The lowest BCUT2D eigenvalue weighted by molar-refractivity contribution is 0.460. The minimum absolute atomic E-state index is 0.469. The van der Waals surface area contributed by atoms with Crippen molar-refractivity contribution in [3.05, 3.63) is 29.8 Å². The number of rotatable bonds is 1. The molecular formula is C14H19N3. The van der Waals surface area contributed by atoms with Crippen LogP contribution in [0.25, 0.3) is 0 Å². The molecule has 1 aromatic rings. The molecule has 2 aliphatic heterocycles. The Bertz CT molecular complexity index is 419. The number of benzene rings is 1. The third-order valence-corrected chi connectivity index (χ3v) is 3.54. The zero-order valence-electron chi connectivity index (χ0n) is 10.1. The van der Waals surface area contributed by atoms with Crippen LogP contribution in [0.5, 0.6) is 0 Å². The lowest BCUT2D eigenvalue weighted by atomic mass is 10.0. The third kappa shape index (κ3) is 2.50. The Hall–Kier alpha value is -1.35. The maximum atomic E-state index is 4.84. The van der Waals surface area contributed by atoms with Gasteiger partial charge in [-0.05, 0) is 37.4 Å². The number of aryl methyl sites for hydroxylation is 1. The molecule has 0 aliphatic carbocycles. The van der Waals surface area contributed by atoms with Crippen LogP contribution in [-0.2, 0) is 6.42 Å². The van der Waals surface area contributed by atoms with E-state index in [1.54, 1.807) is 0 Å². The van der Waals surface area contributed by atoms with Crippen molar-refractivity contribution in [1.29, 1.82) is 0 Å². The molecular weight excluding hydrogens is 210 g/mol. The maximum absolute atomic E-state index is 4.84. The summed E-state index contributed by atoms with van der Waals surface area (Å²) in [4.78, 5) is 4.84. The number of anilines is 1. The van der Waals surface area contributed by atoms with E-state index in [1.807, 2.05) is 0 Å². The molecule has 0 saturated carbocycles. The van der Waals surface area contributed by atoms with Crippen LogP contribution in [0.4, 0.5) is 5.69 Å². The summed E-state index contributed by atoms with van der Waals surface area (Å²) in [6, 6.07) is 8.99. The largest absolute Gasteiger partial charge is 0.344 e. The number of amidine groups is 1. The van der Waals surface area contributed by atoms with Crippen LogP contribution in [0.2, 0.25) is 0 Å². The molecule has 1 unspecified atom stereocenters. The van der Waals surface area contributed by atoms with Gasteiger partial charge >= 0.3 is 0 Å². The molecule has 1 saturated heterocycles. The van der Waals surface area contributed by atoms with E-state index in [0.29, 0.717) is 6.04 Å². The van der Waals surface area contributed by atoms with Crippen molar-refractivity contribution in [2.75, 3.05) is 18.4 Å². The summed E-state index contributed by atoms with van der Waals surface area (Å²) in [5, 5.41) is 6.88. The van der Waals surface area contributed by atoms with Gasteiger partial charge in [0.2, 0.25) is 0 Å². The van der Waals surface area contributed by atoms with E-state index in [4.69, 9.17) is 4.99 Å². The highest BCUT2D eigenvalue weighted by Gasteiger charge is 2.16. The second-order valence-corrected chi connectivity index (χ2v) is 4.86. The summed E-state index contributed by atoms with van der Waals surface area (Å²) < 4.78 is 0. The Morgan fingerprint density at radius 3 is 3.00 bits per heavy atom. The van der Waals surface area contributed by atoms with Gasteiger partial charge in [0.15, 0.2) is 0 Å². The lowest BCUT2D eigenvalue weighted by Crippen LogP contribution is -2.34. The summed E-state index contributed by atoms with van der Waals surface area (Å²) in [5.74, 6) is 1.16. The summed E-state index contributed by atoms with van der Waals surface area (Å²) in [6.45, 7) is 2.18. The molecule has 90 valence electrons. The van der Waals surface area contributed by atoms with Gasteiger partial charge in [-0.2, -0.15) is 0 Å². The highest BCUT2D eigenvalue weighted by Crippen LogP contribution is 2.22. The monoisotopic (exact) mass is 229 g/mol. The number of piperidine rings is 1. The van der Waals surface area contributed by atoms with Gasteiger partial charge in [0.05, 0.1) is 6.04 Å². The smallest absolute Gasteiger partial charge is 0.101 e. The standard InChI is InChI=1S/C14H19N3/c1-2-6-13-11(4-1)7-8-14(17-13)16-12-5-3-9-15-10-12/h1-2,4,6,12,15H,3,5,7-10H2,(H,16,17). The van der Waals surface area contributed by atoms with E-state index >= 15 is 0 Å². The van der Waals surface area contributed by atoms with Crippen LogP contribution in [-0.4, -0.2) is 25.0 Å². The van der Waals surface area contributed by atoms with Gasteiger partial charge < -0.3 is 10.6 Å². The second-order valence-electron chi connectivity index (χ2n) is 4.86. The number of hydrogen-bond donors (Lipinski definition) is 2. The number of nitrogens with one attached hydrogen (secondary N) is 2. The van der Waals surface area contributed by atoms with E-state index in [0.717, 1.165) is 31.8 Å². The van der Waals surface area contributed by atoms with Crippen LogP contribution in [0.15, 0.2) is 29.3 Å². The van der Waals surface area contributed by atoms with Crippen molar-refractivity contribution >= 4 is 11.5 Å². The van der Waals surface area contributed by atoms with E-state index in [1.165, 1.54) is 24.1 Å². The fourth-order valence-electron chi connectivity index (χ4n) is 2.59. The van der Waals surface area contributed by atoms with E-state index in [2.05, 4.69) is 34.9 Å². The SMILES string of the molecule is c1ccc2c(c1)CCC(=NC1CCCNC1)N2. The van der Waals surface area contributed by atoms with Gasteiger partial charge in [0, 0.05) is 18.7 Å². The lowest BCUT2D eigenvalue weighted by Gasteiger charge is -2.24. The zero-order chi connectivity index (χ0) is 11.5. The molecule has 2 N–H and O–H groups in total. The summed E-state index contributed by atoms with van der Waals surface area (Å²) in [5.41, 5.74) is 2.65. The molecule has 1 fully saturated rings. The fourth-order valence-corrected chi connectivity index (χ4v) is 2.59. The molecule has 3 nitrogen and oxygen atoms in total. The van der Waals surface area contributed by atoms with Crippen LogP contribution in [0.1, 0.15) is 24.8 Å². The van der Waals surface area contributed by atoms with E-state index in [9.17, 15) is 0 Å². The van der Waals surface area contributed by atoms with Crippen LogP contribution < -0.4 is 10.6 Å². The Balaban J connectivity index is 1.72. The third-order valence-electron chi connectivity index (χ3n) is 3.54. The number of fused-ring (bicyclic) bond motifs is 1. The Kier molecular flexibility index (Phi) is 3.10. The van der Waals surface area contributed by atoms with Gasteiger partial charge in [-0.15, -0.1) is 0 Å². The number of nitrogens with zero attached hydrogens (tertiary/aromatic N) is 1. The average molecular weight is 229 g/mol. The Labute approximate surface area is 102 Å². The predicted octanol–water partition coefficient (Wildman–Crippen LogP) is 2.20. The van der Waals surface area contributed by atoms with E-state index in [-0.39, 0.29) is 0 Å².